The van der Waals surface area contributed by atoms with E-state index in [4.69, 9.17) is 0 Å². The summed E-state index contributed by atoms with van der Waals surface area (Å²) in [6, 6.07) is 0.667. The number of hydrogen-bond acceptors (Lipinski definition) is 4. The van der Waals surface area contributed by atoms with Crippen LogP contribution in [0.1, 0.15) is 25.1 Å². The molecule has 0 amide bonds. The Kier molecular flexibility index (Phi) is 3.69. The van der Waals surface area contributed by atoms with E-state index in [1.54, 1.807) is 11.3 Å². The predicted molar refractivity (Wildman–Crippen MR) is 68.5 cm³/mol. The lowest BCUT2D eigenvalue weighted by molar-refractivity contribution is 0.318. The van der Waals surface area contributed by atoms with E-state index in [1.807, 2.05) is 11.7 Å². The van der Waals surface area contributed by atoms with Gasteiger partial charge in [0.1, 0.15) is 0 Å². The zero-order valence-electron chi connectivity index (χ0n) is 9.32. The van der Waals surface area contributed by atoms with Crippen molar-refractivity contribution in [1.82, 2.24) is 10.3 Å². The van der Waals surface area contributed by atoms with Gasteiger partial charge < -0.3 is 5.32 Å². The maximum Gasteiger partial charge on any atom is 0.0794 e. The van der Waals surface area contributed by atoms with Crippen LogP contribution in [0, 0.1) is 5.41 Å². The first kappa shape index (κ1) is 11.4. The number of thioether (sulfide) groups is 1. The molecule has 0 spiro atoms. The molecule has 1 aromatic rings. The molecule has 1 aromatic heterocycles. The molecule has 1 aliphatic rings. The van der Waals surface area contributed by atoms with Crippen molar-refractivity contribution >= 4 is 23.1 Å². The number of nitrogens with one attached hydrogen (secondary N) is 1. The highest BCUT2D eigenvalue weighted by Gasteiger charge is 2.27. The Morgan fingerprint density at radius 3 is 3.13 bits per heavy atom. The van der Waals surface area contributed by atoms with Gasteiger partial charge >= 0.3 is 0 Å². The molecule has 4 heteroatoms. The Morgan fingerprint density at radius 1 is 1.60 bits per heavy atom. The lowest BCUT2D eigenvalue weighted by Gasteiger charge is -2.35. The molecule has 2 nitrogen and oxygen atoms in total. The number of rotatable bonds is 3. The average Bonchev–Trinajstić information content (AvgIpc) is 2.65. The van der Waals surface area contributed by atoms with Gasteiger partial charge in [0.05, 0.1) is 5.51 Å². The van der Waals surface area contributed by atoms with Crippen molar-refractivity contribution in [3.63, 3.8) is 0 Å². The van der Waals surface area contributed by atoms with Gasteiger partial charge in [-0.1, -0.05) is 13.8 Å². The Hall–Kier alpha value is -0.0600. The highest BCUT2D eigenvalue weighted by atomic mass is 32.2. The van der Waals surface area contributed by atoms with E-state index in [2.05, 4.69) is 35.9 Å². The van der Waals surface area contributed by atoms with Crippen molar-refractivity contribution in [2.75, 3.05) is 11.5 Å². The second-order valence-electron chi connectivity index (χ2n) is 4.93. The van der Waals surface area contributed by atoms with Crippen LogP contribution >= 0.6 is 23.1 Å². The van der Waals surface area contributed by atoms with Gasteiger partial charge in [-0.3, -0.25) is 4.98 Å². The summed E-state index contributed by atoms with van der Waals surface area (Å²) < 4.78 is 0. The van der Waals surface area contributed by atoms with Gasteiger partial charge in [-0.25, -0.2) is 0 Å². The standard InChI is InChI=1S/C11H18N2S2/c1-11(2)3-9(6-14-7-11)13-5-10-4-12-8-15-10/h4,8-9,13H,3,5-7H2,1-2H3. The molecule has 2 rings (SSSR count). The third kappa shape index (κ3) is 3.47. The summed E-state index contributed by atoms with van der Waals surface area (Å²) in [4.78, 5) is 5.42. The van der Waals surface area contributed by atoms with Crippen LogP contribution in [-0.2, 0) is 6.54 Å². The average molecular weight is 242 g/mol. The van der Waals surface area contributed by atoms with Crippen LogP contribution in [0.25, 0.3) is 0 Å². The normalized spacial score (nSPS) is 25.3. The second kappa shape index (κ2) is 4.85. The fourth-order valence-electron chi connectivity index (χ4n) is 1.97. The van der Waals surface area contributed by atoms with Crippen LogP contribution < -0.4 is 5.32 Å². The molecule has 1 unspecified atom stereocenters. The minimum absolute atomic E-state index is 0.494. The molecule has 1 N–H and O–H groups in total. The van der Waals surface area contributed by atoms with Gasteiger partial charge in [0, 0.05) is 29.4 Å². The third-order valence-electron chi connectivity index (χ3n) is 2.66. The summed E-state index contributed by atoms with van der Waals surface area (Å²) in [6.07, 6.45) is 3.25. The molecular weight excluding hydrogens is 224 g/mol. The van der Waals surface area contributed by atoms with E-state index in [0.717, 1.165) is 6.54 Å². The number of aromatic nitrogens is 1. The van der Waals surface area contributed by atoms with Crippen LogP contribution in [0.2, 0.25) is 0 Å². The molecule has 0 radical (unpaired) electrons. The summed E-state index contributed by atoms with van der Waals surface area (Å²) >= 11 is 3.80. The van der Waals surface area contributed by atoms with Crippen molar-refractivity contribution < 1.29 is 0 Å². The molecule has 0 saturated carbocycles. The molecule has 15 heavy (non-hydrogen) atoms. The smallest absolute Gasteiger partial charge is 0.0794 e. The third-order valence-corrected chi connectivity index (χ3v) is 5.06. The van der Waals surface area contributed by atoms with Gasteiger partial charge in [-0.2, -0.15) is 11.8 Å². The molecule has 84 valence electrons. The van der Waals surface area contributed by atoms with E-state index in [0.29, 0.717) is 11.5 Å². The highest BCUT2D eigenvalue weighted by molar-refractivity contribution is 7.99. The zero-order chi connectivity index (χ0) is 10.7. The van der Waals surface area contributed by atoms with Crippen LogP contribution in [0.3, 0.4) is 0 Å². The summed E-state index contributed by atoms with van der Waals surface area (Å²) in [6.45, 7) is 5.70. The van der Waals surface area contributed by atoms with E-state index < -0.39 is 0 Å². The fraction of sp³-hybridized carbons (Fsp3) is 0.727. The molecule has 1 saturated heterocycles. The van der Waals surface area contributed by atoms with Crippen LogP contribution in [0.4, 0.5) is 0 Å². The molecule has 2 heterocycles. The molecule has 1 fully saturated rings. The van der Waals surface area contributed by atoms with E-state index in [-0.39, 0.29) is 0 Å². The van der Waals surface area contributed by atoms with E-state index in [9.17, 15) is 0 Å². The first-order chi connectivity index (χ1) is 7.16. The molecule has 1 aliphatic heterocycles. The van der Waals surface area contributed by atoms with Crippen molar-refractivity contribution in [2.45, 2.75) is 32.9 Å². The van der Waals surface area contributed by atoms with Gasteiger partial charge in [0.2, 0.25) is 0 Å². The minimum atomic E-state index is 0.494. The predicted octanol–water partition coefficient (Wildman–Crippen LogP) is 2.76. The highest BCUT2D eigenvalue weighted by Crippen LogP contribution is 2.33. The van der Waals surface area contributed by atoms with Gasteiger partial charge in [-0.05, 0) is 17.6 Å². The lowest BCUT2D eigenvalue weighted by atomic mass is 9.88. The SMILES string of the molecule is CC1(C)CSCC(NCc2cncs2)C1. The van der Waals surface area contributed by atoms with Crippen LogP contribution in [0.5, 0.6) is 0 Å². The molecule has 0 bridgehead atoms. The first-order valence-electron chi connectivity index (χ1n) is 5.34. The first-order valence-corrected chi connectivity index (χ1v) is 7.38. The summed E-state index contributed by atoms with van der Waals surface area (Å²) in [5.74, 6) is 2.55. The van der Waals surface area contributed by atoms with Crippen LogP contribution in [-0.4, -0.2) is 22.5 Å². The number of hydrogen-bond donors (Lipinski definition) is 1. The largest absolute Gasteiger partial charge is 0.308 e. The van der Waals surface area contributed by atoms with Crippen molar-refractivity contribution in [3.8, 4) is 0 Å². The molecular formula is C11H18N2S2. The number of nitrogens with zero attached hydrogens (tertiary/aromatic N) is 1. The summed E-state index contributed by atoms with van der Waals surface area (Å²) in [5, 5.41) is 3.63. The topological polar surface area (TPSA) is 24.9 Å². The minimum Gasteiger partial charge on any atom is -0.308 e. The zero-order valence-corrected chi connectivity index (χ0v) is 11.0. The van der Waals surface area contributed by atoms with Gasteiger partial charge in [-0.15, -0.1) is 11.3 Å². The Balaban J connectivity index is 1.80. The fourth-order valence-corrected chi connectivity index (χ4v) is 3.82. The molecule has 0 aromatic carbocycles. The van der Waals surface area contributed by atoms with Crippen molar-refractivity contribution in [2.24, 2.45) is 5.41 Å². The quantitative estimate of drug-likeness (QED) is 0.882. The van der Waals surface area contributed by atoms with E-state index >= 15 is 0 Å². The number of thiazole rings is 1. The maximum absolute atomic E-state index is 4.09. The van der Waals surface area contributed by atoms with Crippen molar-refractivity contribution in [3.05, 3.63) is 16.6 Å². The summed E-state index contributed by atoms with van der Waals surface area (Å²) in [7, 11) is 0. The van der Waals surface area contributed by atoms with Gasteiger partial charge in [0.15, 0.2) is 0 Å². The van der Waals surface area contributed by atoms with Crippen LogP contribution in [0.15, 0.2) is 11.7 Å². The van der Waals surface area contributed by atoms with E-state index in [1.165, 1.54) is 22.8 Å². The van der Waals surface area contributed by atoms with Gasteiger partial charge in [0.25, 0.3) is 0 Å². The Bertz CT molecular complexity index is 296. The second-order valence-corrected chi connectivity index (χ2v) is 6.93. The molecule has 1 atom stereocenters. The Morgan fingerprint density at radius 2 is 2.47 bits per heavy atom. The lowest BCUT2D eigenvalue weighted by Crippen LogP contribution is -2.39. The van der Waals surface area contributed by atoms with Crippen molar-refractivity contribution in [1.29, 1.82) is 0 Å². The monoisotopic (exact) mass is 242 g/mol. The molecule has 0 aliphatic carbocycles. The maximum atomic E-state index is 4.09. The Labute approximate surface area is 99.9 Å². The summed E-state index contributed by atoms with van der Waals surface area (Å²) in [5.41, 5.74) is 2.39.